The molecule has 1 rings (SSSR count). The Bertz CT molecular complexity index is 417. The van der Waals surface area contributed by atoms with Crippen LogP contribution in [0.1, 0.15) is 27.7 Å². The maximum absolute atomic E-state index is 11.4. The number of alkyl carbamates (subject to hydrolysis) is 1. The maximum Gasteiger partial charge on any atom is 0.408 e. The van der Waals surface area contributed by atoms with Gasteiger partial charge in [-0.1, -0.05) is 0 Å². The molecule has 0 aromatic heterocycles. The van der Waals surface area contributed by atoms with Gasteiger partial charge in [0.05, 0.1) is 11.8 Å². The first-order chi connectivity index (χ1) is 7.09. The molecular formula is C10H17NO4S. The van der Waals surface area contributed by atoms with Crippen molar-refractivity contribution in [3.63, 3.8) is 0 Å². The van der Waals surface area contributed by atoms with Crippen LogP contribution in [0.3, 0.4) is 0 Å². The average molecular weight is 247 g/mol. The quantitative estimate of drug-likeness (QED) is 0.796. The van der Waals surface area contributed by atoms with Gasteiger partial charge in [0.1, 0.15) is 5.60 Å². The minimum Gasteiger partial charge on any atom is -0.444 e. The molecule has 1 aliphatic heterocycles. The van der Waals surface area contributed by atoms with Crippen LogP contribution in [0.25, 0.3) is 0 Å². The van der Waals surface area contributed by atoms with E-state index in [1.54, 1.807) is 27.7 Å². The van der Waals surface area contributed by atoms with Crippen LogP contribution in [-0.4, -0.2) is 31.9 Å². The first-order valence-corrected chi connectivity index (χ1v) is 6.73. The number of nitrogens with one attached hydrogen (secondary N) is 1. The molecule has 0 aromatic carbocycles. The third-order valence-electron chi connectivity index (χ3n) is 1.99. The summed E-state index contributed by atoms with van der Waals surface area (Å²) in [4.78, 5) is 11.4. The van der Waals surface area contributed by atoms with E-state index in [0.717, 1.165) is 0 Å². The normalized spacial score (nSPS) is 20.4. The van der Waals surface area contributed by atoms with Crippen molar-refractivity contribution >= 4 is 15.9 Å². The maximum atomic E-state index is 11.4. The van der Waals surface area contributed by atoms with Gasteiger partial charge in [-0.25, -0.2) is 13.2 Å². The fraction of sp³-hybridized carbons (Fsp3) is 0.700. The van der Waals surface area contributed by atoms with E-state index in [9.17, 15) is 13.2 Å². The van der Waals surface area contributed by atoms with Crippen molar-refractivity contribution in [2.75, 3.05) is 5.75 Å². The van der Waals surface area contributed by atoms with Gasteiger partial charge in [0, 0.05) is 5.41 Å². The van der Waals surface area contributed by atoms with Crippen LogP contribution in [0.15, 0.2) is 11.0 Å². The lowest BCUT2D eigenvalue weighted by Crippen LogP contribution is -2.41. The van der Waals surface area contributed by atoms with E-state index in [1.165, 1.54) is 5.41 Å². The Morgan fingerprint density at radius 3 is 2.38 bits per heavy atom. The van der Waals surface area contributed by atoms with Gasteiger partial charge in [-0.15, -0.1) is 0 Å². The molecule has 0 radical (unpaired) electrons. The summed E-state index contributed by atoms with van der Waals surface area (Å²) in [6.07, 6.45) is -0.537. The molecule has 1 aliphatic rings. The first kappa shape index (κ1) is 13.0. The zero-order valence-corrected chi connectivity index (χ0v) is 10.7. The summed E-state index contributed by atoms with van der Waals surface area (Å²) in [5.41, 5.74) is 0.148. The van der Waals surface area contributed by atoms with Gasteiger partial charge in [-0.05, 0) is 33.3 Å². The van der Waals surface area contributed by atoms with E-state index in [4.69, 9.17) is 4.74 Å². The highest BCUT2D eigenvalue weighted by atomic mass is 32.2. The SMILES string of the molecule is C[C@H](NC(=O)OC(C)(C)C)C1=CS(=O)(=O)C1. The molecule has 92 valence electrons. The molecule has 1 atom stereocenters. The Kier molecular flexibility index (Phi) is 3.33. The highest BCUT2D eigenvalue weighted by Gasteiger charge is 2.28. The van der Waals surface area contributed by atoms with Gasteiger partial charge in [0.25, 0.3) is 0 Å². The summed E-state index contributed by atoms with van der Waals surface area (Å²) in [5, 5.41) is 3.77. The molecular weight excluding hydrogens is 230 g/mol. The number of rotatable bonds is 2. The van der Waals surface area contributed by atoms with E-state index in [1.807, 2.05) is 0 Å². The Morgan fingerprint density at radius 2 is 2.00 bits per heavy atom. The summed E-state index contributed by atoms with van der Waals surface area (Å²) in [6.45, 7) is 7.03. The minimum absolute atomic E-state index is 0.0178. The summed E-state index contributed by atoms with van der Waals surface area (Å²) < 4.78 is 26.8. The van der Waals surface area contributed by atoms with Crippen molar-refractivity contribution in [2.45, 2.75) is 39.3 Å². The minimum atomic E-state index is -3.00. The molecule has 0 bridgehead atoms. The fourth-order valence-corrected chi connectivity index (χ4v) is 2.58. The number of carbonyl (C=O) groups is 1. The van der Waals surface area contributed by atoms with Crippen LogP contribution in [0.5, 0.6) is 0 Å². The molecule has 6 heteroatoms. The van der Waals surface area contributed by atoms with Crippen molar-refractivity contribution in [3.8, 4) is 0 Å². The monoisotopic (exact) mass is 247 g/mol. The molecule has 1 N–H and O–H groups in total. The Labute approximate surface area is 95.8 Å². The molecule has 0 saturated carbocycles. The van der Waals surface area contributed by atoms with Gasteiger partial charge in [0.15, 0.2) is 9.84 Å². The largest absolute Gasteiger partial charge is 0.444 e. The lowest BCUT2D eigenvalue weighted by molar-refractivity contribution is 0.0515. The van der Waals surface area contributed by atoms with E-state index in [2.05, 4.69) is 5.32 Å². The molecule has 0 unspecified atom stereocenters. The summed E-state index contributed by atoms with van der Waals surface area (Å²) in [7, 11) is -3.00. The van der Waals surface area contributed by atoms with E-state index in [0.29, 0.717) is 5.57 Å². The predicted octanol–water partition coefficient (Wildman–Crippen LogP) is 1.21. The standard InChI is InChI=1S/C10H17NO4S/c1-7(8-5-16(13,14)6-8)11-9(12)15-10(2,3)4/h5,7H,6H2,1-4H3,(H,11,12)/t7-/m0/s1. The molecule has 1 amide bonds. The number of sulfone groups is 1. The number of carbonyl (C=O) groups excluding carboxylic acids is 1. The number of amides is 1. The van der Waals surface area contributed by atoms with Gasteiger partial charge < -0.3 is 10.1 Å². The summed E-state index contributed by atoms with van der Waals surface area (Å²) >= 11 is 0. The fourth-order valence-electron chi connectivity index (χ4n) is 1.24. The van der Waals surface area contributed by atoms with Crippen LogP contribution in [0, 0.1) is 0 Å². The van der Waals surface area contributed by atoms with Crippen LogP contribution in [0.2, 0.25) is 0 Å². The molecule has 16 heavy (non-hydrogen) atoms. The van der Waals surface area contributed by atoms with Gasteiger partial charge in [-0.3, -0.25) is 0 Å². The molecule has 0 fully saturated rings. The van der Waals surface area contributed by atoms with Crippen molar-refractivity contribution < 1.29 is 17.9 Å². The Morgan fingerprint density at radius 1 is 1.50 bits per heavy atom. The van der Waals surface area contributed by atoms with Crippen molar-refractivity contribution in [1.82, 2.24) is 5.32 Å². The van der Waals surface area contributed by atoms with E-state index >= 15 is 0 Å². The van der Waals surface area contributed by atoms with E-state index in [-0.39, 0.29) is 11.8 Å². The van der Waals surface area contributed by atoms with E-state index < -0.39 is 21.5 Å². The first-order valence-electron chi connectivity index (χ1n) is 5.02. The lowest BCUT2D eigenvalue weighted by Gasteiger charge is -2.25. The van der Waals surface area contributed by atoms with Gasteiger partial charge >= 0.3 is 6.09 Å². The van der Waals surface area contributed by atoms with Crippen LogP contribution < -0.4 is 5.32 Å². The average Bonchev–Trinajstić information content (AvgIpc) is 1.95. The van der Waals surface area contributed by atoms with Gasteiger partial charge in [-0.2, -0.15) is 0 Å². The lowest BCUT2D eigenvalue weighted by atomic mass is 10.2. The second kappa shape index (κ2) is 4.08. The summed E-state index contributed by atoms with van der Waals surface area (Å²) in [5.74, 6) is 0.0178. The topological polar surface area (TPSA) is 72.5 Å². The molecule has 5 nitrogen and oxygen atoms in total. The second-order valence-electron chi connectivity index (χ2n) is 4.87. The van der Waals surface area contributed by atoms with Crippen molar-refractivity contribution in [1.29, 1.82) is 0 Å². The molecule has 0 aliphatic carbocycles. The predicted molar refractivity (Wildman–Crippen MR) is 60.7 cm³/mol. The zero-order valence-electron chi connectivity index (χ0n) is 9.90. The number of ether oxygens (including phenoxy) is 1. The second-order valence-corrected chi connectivity index (χ2v) is 6.72. The Balaban J connectivity index is 2.48. The molecule has 0 aromatic rings. The van der Waals surface area contributed by atoms with Crippen molar-refractivity contribution in [2.24, 2.45) is 0 Å². The van der Waals surface area contributed by atoms with Crippen molar-refractivity contribution in [3.05, 3.63) is 11.0 Å². The van der Waals surface area contributed by atoms with Crippen LogP contribution in [-0.2, 0) is 14.6 Å². The Hall–Kier alpha value is -1.04. The summed E-state index contributed by atoms with van der Waals surface area (Å²) in [6, 6.07) is -0.307. The zero-order chi connectivity index (χ0) is 12.6. The third kappa shape index (κ3) is 3.84. The highest BCUT2D eigenvalue weighted by molar-refractivity contribution is 7.95. The smallest absolute Gasteiger partial charge is 0.408 e. The highest BCUT2D eigenvalue weighted by Crippen LogP contribution is 2.19. The van der Waals surface area contributed by atoms with Crippen LogP contribution in [0.4, 0.5) is 4.79 Å². The van der Waals surface area contributed by atoms with Gasteiger partial charge in [0.2, 0.25) is 0 Å². The van der Waals surface area contributed by atoms with Crippen LogP contribution >= 0.6 is 0 Å². The molecule has 0 saturated heterocycles. The third-order valence-corrected chi connectivity index (χ3v) is 3.39. The number of hydrogen-bond acceptors (Lipinski definition) is 4. The number of hydrogen-bond donors (Lipinski definition) is 1. The molecule has 0 spiro atoms. The molecule has 1 heterocycles.